The van der Waals surface area contributed by atoms with E-state index < -0.39 is 0 Å². The van der Waals surface area contributed by atoms with Gasteiger partial charge in [0.15, 0.2) is 0 Å². The van der Waals surface area contributed by atoms with Crippen LogP contribution in [-0.2, 0) is 9.53 Å². The minimum absolute atomic E-state index is 0.155. The molecular formula is C20H28N4O2S. The molecule has 4 heterocycles. The Kier molecular flexibility index (Phi) is 5.88. The normalized spacial score (nSPS) is 22.2. The Morgan fingerprint density at radius 3 is 2.85 bits per heavy atom. The molecule has 2 saturated heterocycles. The highest BCUT2D eigenvalue weighted by Gasteiger charge is 2.34. The van der Waals surface area contributed by atoms with E-state index in [1.54, 1.807) is 24.8 Å². The van der Waals surface area contributed by atoms with E-state index in [9.17, 15) is 4.79 Å². The van der Waals surface area contributed by atoms with E-state index in [0.29, 0.717) is 12.0 Å². The van der Waals surface area contributed by atoms with Gasteiger partial charge in [-0.1, -0.05) is 12.8 Å². The second-order valence-electron chi connectivity index (χ2n) is 7.60. The Hall–Kier alpha value is -1.73. The van der Waals surface area contributed by atoms with Gasteiger partial charge < -0.3 is 14.5 Å². The van der Waals surface area contributed by atoms with Gasteiger partial charge in [-0.15, -0.1) is 11.3 Å². The summed E-state index contributed by atoms with van der Waals surface area (Å²) in [6, 6.07) is 2.49. The Bertz CT molecular complexity index is 772. The lowest BCUT2D eigenvalue weighted by atomic mass is 9.86. The monoisotopic (exact) mass is 388 g/mol. The van der Waals surface area contributed by atoms with Gasteiger partial charge in [-0.05, 0) is 43.0 Å². The Labute approximate surface area is 164 Å². The van der Waals surface area contributed by atoms with Crippen LogP contribution in [0, 0.1) is 5.92 Å². The van der Waals surface area contributed by atoms with Crippen LogP contribution in [0.15, 0.2) is 17.8 Å². The number of nitrogens with zero attached hydrogens (tertiary/aromatic N) is 4. The molecule has 0 aliphatic carbocycles. The number of ether oxygens (including phenoxy) is 1. The van der Waals surface area contributed by atoms with Gasteiger partial charge in [0, 0.05) is 32.8 Å². The van der Waals surface area contributed by atoms with Gasteiger partial charge >= 0.3 is 0 Å². The molecule has 2 aliphatic rings. The van der Waals surface area contributed by atoms with Crippen molar-refractivity contribution in [3.05, 3.63) is 17.8 Å². The zero-order valence-corrected chi connectivity index (χ0v) is 16.8. The number of piperidine rings is 1. The molecule has 1 atom stereocenters. The molecule has 6 nitrogen and oxygen atoms in total. The van der Waals surface area contributed by atoms with Gasteiger partial charge in [0.1, 0.15) is 23.6 Å². The number of carbonyl (C=O) groups excluding carboxylic acids is 1. The molecule has 2 aliphatic heterocycles. The molecule has 0 bridgehead atoms. The van der Waals surface area contributed by atoms with Crippen LogP contribution in [0.3, 0.4) is 0 Å². The predicted molar refractivity (Wildman–Crippen MR) is 108 cm³/mol. The fraction of sp³-hybridized carbons (Fsp3) is 0.650. The largest absolute Gasteiger partial charge is 0.375 e. The third-order valence-corrected chi connectivity index (χ3v) is 6.83. The molecule has 7 heteroatoms. The number of aromatic nitrogens is 2. The second-order valence-corrected chi connectivity index (χ2v) is 8.49. The van der Waals surface area contributed by atoms with Gasteiger partial charge in [0.2, 0.25) is 5.91 Å². The van der Waals surface area contributed by atoms with Crippen molar-refractivity contribution in [3.63, 3.8) is 0 Å². The lowest BCUT2D eigenvalue weighted by molar-refractivity contribution is -0.138. The topological polar surface area (TPSA) is 58.6 Å². The van der Waals surface area contributed by atoms with Crippen molar-refractivity contribution in [2.45, 2.75) is 44.6 Å². The molecule has 0 saturated carbocycles. The van der Waals surface area contributed by atoms with Crippen molar-refractivity contribution < 1.29 is 9.53 Å². The third-order valence-electron chi connectivity index (χ3n) is 6.01. The zero-order valence-electron chi connectivity index (χ0n) is 16.0. The molecule has 0 spiro atoms. The van der Waals surface area contributed by atoms with Crippen molar-refractivity contribution in [2.24, 2.45) is 5.92 Å². The lowest BCUT2D eigenvalue weighted by Gasteiger charge is -2.41. The highest BCUT2D eigenvalue weighted by Crippen LogP contribution is 2.34. The van der Waals surface area contributed by atoms with Crippen LogP contribution in [0.1, 0.15) is 38.5 Å². The smallest absolute Gasteiger partial charge is 0.248 e. The fourth-order valence-electron chi connectivity index (χ4n) is 4.67. The summed E-state index contributed by atoms with van der Waals surface area (Å²) < 4.78 is 5.13. The van der Waals surface area contributed by atoms with E-state index in [2.05, 4.69) is 31.2 Å². The fourth-order valence-corrected chi connectivity index (χ4v) is 5.39. The van der Waals surface area contributed by atoms with Crippen LogP contribution in [-0.4, -0.2) is 60.2 Å². The molecule has 146 valence electrons. The highest BCUT2D eigenvalue weighted by molar-refractivity contribution is 7.16. The van der Waals surface area contributed by atoms with Gasteiger partial charge in [0.25, 0.3) is 0 Å². The summed E-state index contributed by atoms with van der Waals surface area (Å²) in [5.41, 5.74) is 0. The Morgan fingerprint density at radius 2 is 2.04 bits per heavy atom. The molecule has 2 aromatic rings. The van der Waals surface area contributed by atoms with Crippen molar-refractivity contribution in [1.82, 2.24) is 14.9 Å². The molecule has 1 unspecified atom stereocenters. The maximum Gasteiger partial charge on any atom is 0.248 e. The van der Waals surface area contributed by atoms with Crippen LogP contribution in [0.2, 0.25) is 0 Å². The lowest BCUT2D eigenvalue weighted by Crippen LogP contribution is -2.49. The summed E-state index contributed by atoms with van der Waals surface area (Å²) in [5, 5.41) is 3.24. The van der Waals surface area contributed by atoms with Crippen molar-refractivity contribution in [2.75, 3.05) is 38.3 Å². The molecule has 1 amide bonds. The molecule has 2 fully saturated rings. The molecule has 0 aromatic carbocycles. The number of fused-ring (bicyclic) bond motifs is 1. The average molecular weight is 389 g/mol. The number of rotatable bonds is 4. The number of anilines is 1. The summed E-state index contributed by atoms with van der Waals surface area (Å²) in [6.07, 6.45) is 8.58. The number of amides is 1. The number of methoxy groups -OCH3 is 1. The van der Waals surface area contributed by atoms with Crippen molar-refractivity contribution >= 4 is 33.3 Å². The van der Waals surface area contributed by atoms with Gasteiger partial charge in [-0.2, -0.15) is 0 Å². The molecule has 0 N–H and O–H groups in total. The highest BCUT2D eigenvalue weighted by atomic mass is 32.1. The van der Waals surface area contributed by atoms with Crippen LogP contribution in [0.25, 0.3) is 10.2 Å². The van der Waals surface area contributed by atoms with Crippen molar-refractivity contribution in [3.8, 4) is 0 Å². The minimum Gasteiger partial charge on any atom is -0.375 e. The number of carbonyl (C=O) groups is 1. The Balaban J connectivity index is 1.45. The first-order valence-corrected chi connectivity index (χ1v) is 10.9. The standard InChI is InChI=1S/C20H28N4O2S/c1-26-13-18(25)24-9-4-2-3-5-17(24)15-6-10-23(11-7-15)19-16-8-12-27-20(16)22-14-21-19/h8,12,14-15,17H,2-7,9-11,13H2,1H3. The summed E-state index contributed by atoms with van der Waals surface area (Å²) in [6.45, 7) is 3.08. The SMILES string of the molecule is COCC(=O)N1CCCCCC1C1CCN(c2ncnc3sccc23)CC1. The van der Waals surface area contributed by atoms with E-state index in [0.717, 1.165) is 61.4 Å². The number of hydrogen-bond acceptors (Lipinski definition) is 6. The van der Waals surface area contributed by atoms with E-state index in [1.807, 2.05) is 0 Å². The van der Waals surface area contributed by atoms with Gasteiger partial charge in [-0.25, -0.2) is 9.97 Å². The van der Waals surface area contributed by atoms with Crippen LogP contribution in [0.4, 0.5) is 5.82 Å². The van der Waals surface area contributed by atoms with Crippen LogP contribution < -0.4 is 4.90 Å². The number of thiophene rings is 1. The second kappa shape index (κ2) is 8.52. The molecule has 27 heavy (non-hydrogen) atoms. The van der Waals surface area contributed by atoms with Gasteiger partial charge in [0.05, 0.1) is 5.39 Å². The first-order chi connectivity index (χ1) is 13.3. The Morgan fingerprint density at radius 1 is 1.19 bits per heavy atom. The maximum atomic E-state index is 12.6. The third kappa shape index (κ3) is 3.94. The quantitative estimate of drug-likeness (QED) is 0.804. The summed E-state index contributed by atoms with van der Waals surface area (Å²) in [5.74, 6) is 1.79. The van der Waals surface area contributed by atoms with Gasteiger partial charge in [-0.3, -0.25) is 4.79 Å². The van der Waals surface area contributed by atoms with E-state index in [1.165, 1.54) is 12.8 Å². The number of likely N-dealkylation sites (tertiary alicyclic amines) is 1. The molecule has 2 aromatic heterocycles. The van der Waals surface area contributed by atoms with Crippen LogP contribution in [0.5, 0.6) is 0 Å². The first-order valence-electron chi connectivity index (χ1n) is 9.99. The first kappa shape index (κ1) is 18.6. The average Bonchev–Trinajstić information content (AvgIpc) is 3.04. The summed E-state index contributed by atoms with van der Waals surface area (Å²) in [4.78, 5) is 27.1. The number of hydrogen-bond donors (Lipinski definition) is 0. The minimum atomic E-state index is 0.155. The summed E-state index contributed by atoms with van der Waals surface area (Å²) in [7, 11) is 1.61. The maximum absolute atomic E-state index is 12.6. The molecule has 4 rings (SSSR count). The van der Waals surface area contributed by atoms with E-state index >= 15 is 0 Å². The van der Waals surface area contributed by atoms with E-state index in [4.69, 9.17) is 4.74 Å². The molecular weight excluding hydrogens is 360 g/mol. The van der Waals surface area contributed by atoms with E-state index in [-0.39, 0.29) is 12.5 Å². The molecule has 0 radical (unpaired) electrons. The summed E-state index contributed by atoms with van der Waals surface area (Å²) >= 11 is 1.67. The predicted octanol–water partition coefficient (Wildman–Crippen LogP) is 3.33. The van der Waals surface area contributed by atoms with Crippen LogP contribution >= 0.6 is 11.3 Å². The van der Waals surface area contributed by atoms with Crippen molar-refractivity contribution in [1.29, 1.82) is 0 Å². The zero-order chi connectivity index (χ0) is 18.6.